The zero-order valence-electron chi connectivity index (χ0n) is 12.7. The maximum atomic E-state index is 5.61. The molecule has 0 fully saturated rings. The van der Waals surface area contributed by atoms with Gasteiger partial charge in [0, 0.05) is 13.1 Å². The maximum absolute atomic E-state index is 5.61. The Morgan fingerprint density at radius 3 is 2.60 bits per heavy atom. The molecule has 0 spiro atoms. The third-order valence-electron chi connectivity index (χ3n) is 3.52. The minimum absolute atomic E-state index is 0. The predicted molar refractivity (Wildman–Crippen MR) is 88.4 cm³/mol. The number of nitrogens with zero attached hydrogens (tertiary/aromatic N) is 1. The number of anilines is 1. The zero-order valence-corrected chi connectivity index (χ0v) is 13.5. The SMILES string of the molecule is CCCN(CCC)CCc1ccc2c(c1)NCCO2.Cl. The first kappa shape index (κ1) is 17.1. The molecule has 1 aromatic carbocycles. The standard InChI is InChI=1S/C16H26N2O.ClH/c1-3-9-18(10-4-2)11-7-14-5-6-16-15(13-14)17-8-12-19-16;/h5-6,13,17H,3-4,7-12H2,1-2H3;1H. The van der Waals surface area contributed by atoms with Crippen molar-refractivity contribution in [3.05, 3.63) is 23.8 Å². The first-order valence-electron chi connectivity index (χ1n) is 7.55. The highest BCUT2D eigenvalue weighted by Crippen LogP contribution is 2.28. The fraction of sp³-hybridized carbons (Fsp3) is 0.625. The monoisotopic (exact) mass is 298 g/mol. The van der Waals surface area contributed by atoms with Gasteiger partial charge >= 0.3 is 0 Å². The highest BCUT2D eigenvalue weighted by Gasteiger charge is 2.10. The van der Waals surface area contributed by atoms with Gasteiger partial charge in [0.05, 0.1) is 5.69 Å². The molecule has 1 N–H and O–H groups in total. The zero-order chi connectivity index (χ0) is 13.5. The number of ether oxygens (including phenoxy) is 1. The van der Waals surface area contributed by atoms with Crippen molar-refractivity contribution in [1.82, 2.24) is 4.90 Å². The number of halogens is 1. The van der Waals surface area contributed by atoms with Crippen LogP contribution in [-0.4, -0.2) is 37.7 Å². The van der Waals surface area contributed by atoms with E-state index in [0.717, 1.165) is 37.6 Å². The van der Waals surface area contributed by atoms with Crippen LogP contribution in [0.2, 0.25) is 0 Å². The second-order valence-electron chi connectivity index (χ2n) is 5.20. The van der Waals surface area contributed by atoms with E-state index in [1.807, 2.05) is 0 Å². The lowest BCUT2D eigenvalue weighted by atomic mass is 10.1. The molecule has 2 rings (SSSR count). The van der Waals surface area contributed by atoms with Crippen molar-refractivity contribution >= 4 is 18.1 Å². The van der Waals surface area contributed by atoms with E-state index < -0.39 is 0 Å². The van der Waals surface area contributed by atoms with Crippen LogP contribution in [0.4, 0.5) is 5.69 Å². The van der Waals surface area contributed by atoms with Gasteiger partial charge in [-0.15, -0.1) is 12.4 Å². The van der Waals surface area contributed by atoms with Crippen molar-refractivity contribution in [2.75, 3.05) is 38.1 Å². The first-order chi connectivity index (χ1) is 9.33. The molecule has 20 heavy (non-hydrogen) atoms. The van der Waals surface area contributed by atoms with E-state index in [4.69, 9.17) is 4.74 Å². The van der Waals surface area contributed by atoms with Crippen LogP contribution < -0.4 is 10.1 Å². The Morgan fingerprint density at radius 1 is 1.15 bits per heavy atom. The van der Waals surface area contributed by atoms with Gasteiger partial charge in [0.2, 0.25) is 0 Å². The summed E-state index contributed by atoms with van der Waals surface area (Å²) in [7, 11) is 0. The number of hydrogen-bond donors (Lipinski definition) is 1. The largest absolute Gasteiger partial charge is 0.490 e. The topological polar surface area (TPSA) is 24.5 Å². The van der Waals surface area contributed by atoms with Crippen molar-refractivity contribution in [3.8, 4) is 5.75 Å². The van der Waals surface area contributed by atoms with Crippen LogP contribution in [0.15, 0.2) is 18.2 Å². The van der Waals surface area contributed by atoms with Crippen molar-refractivity contribution in [2.45, 2.75) is 33.1 Å². The van der Waals surface area contributed by atoms with Crippen LogP contribution in [0.1, 0.15) is 32.3 Å². The smallest absolute Gasteiger partial charge is 0.142 e. The van der Waals surface area contributed by atoms with Gasteiger partial charge in [-0.3, -0.25) is 0 Å². The lowest BCUT2D eigenvalue weighted by molar-refractivity contribution is 0.278. The van der Waals surface area contributed by atoms with Gasteiger partial charge in [-0.25, -0.2) is 0 Å². The summed E-state index contributed by atoms with van der Waals surface area (Å²) in [5, 5.41) is 3.40. The Morgan fingerprint density at radius 2 is 1.90 bits per heavy atom. The molecule has 0 unspecified atom stereocenters. The quantitative estimate of drug-likeness (QED) is 0.833. The molecule has 1 aromatic rings. The molecule has 1 heterocycles. The Hall–Kier alpha value is -0.930. The summed E-state index contributed by atoms with van der Waals surface area (Å²) in [5.74, 6) is 0.994. The molecular weight excluding hydrogens is 272 g/mol. The number of rotatable bonds is 7. The van der Waals surface area contributed by atoms with E-state index in [9.17, 15) is 0 Å². The summed E-state index contributed by atoms with van der Waals surface area (Å²) in [4.78, 5) is 2.56. The average molecular weight is 299 g/mol. The average Bonchev–Trinajstić information content (AvgIpc) is 2.45. The summed E-state index contributed by atoms with van der Waals surface area (Å²) < 4.78 is 5.61. The highest BCUT2D eigenvalue weighted by molar-refractivity contribution is 5.85. The molecule has 0 amide bonds. The molecule has 114 valence electrons. The van der Waals surface area contributed by atoms with Crippen LogP contribution in [0, 0.1) is 0 Å². The van der Waals surface area contributed by atoms with E-state index >= 15 is 0 Å². The van der Waals surface area contributed by atoms with Crippen molar-refractivity contribution < 1.29 is 4.74 Å². The van der Waals surface area contributed by atoms with Gasteiger partial charge in [-0.05, 0) is 50.0 Å². The summed E-state index contributed by atoms with van der Waals surface area (Å²) in [6.45, 7) is 9.76. The summed E-state index contributed by atoms with van der Waals surface area (Å²) in [6.07, 6.45) is 3.59. The van der Waals surface area contributed by atoms with Crippen molar-refractivity contribution in [1.29, 1.82) is 0 Å². The lowest BCUT2D eigenvalue weighted by Gasteiger charge is -2.22. The van der Waals surface area contributed by atoms with E-state index in [2.05, 4.69) is 42.3 Å². The van der Waals surface area contributed by atoms with Crippen LogP contribution in [0.3, 0.4) is 0 Å². The second kappa shape index (κ2) is 9.09. The Kier molecular flexibility index (Phi) is 7.78. The molecule has 0 saturated heterocycles. The Balaban J connectivity index is 0.00000200. The Labute approximate surface area is 129 Å². The van der Waals surface area contributed by atoms with Gasteiger partial charge in [-0.1, -0.05) is 19.9 Å². The predicted octanol–water partition coefficient (Wildman–Crippen LogP) is 3.58. The molecule has 0 bridgehead atoms. The minimum atomic E-state index is 0. The van der Waals surface area contributed by atoms with E-state index in [1.165, 1.54) is 31.5 Å². The maximum Gasteiger partial charge on any atom is 0.142 e. The molecule has 0 atom stereocenters. The summed E-state index contributed by atoms with van der Waals surface area (Å²) in [5.41, 5.74) is 2.55. The Bertz CT molecular complexity index is 392. The normalized spacial score (nSPS) is 13.2. The lowest BCUT2D eigenvalue weighted by Crippen LogP contribution is -2.27. The van der Waals surface area contributed by atoms with Crippen LogP contribution >= 0.6 is 12.4 Å². The van der Waals surface area contributed by atoms with E-state index in [0.29, 0.717) is 0 Å². The van der Waals surface area contributed by atoms with Gasteiger partial charge in [-0.2, -0.15) is 0 Å². The van der Waals surface area contributed by atoms with Crippen LogP contribution in [-0.2, 0) is 6.42 Å². The summed E-state index contributed by atoms with van der Waals surface area (Å²) >= 11 is 0. The number of hydrogen-bond acceptors (Lipinski definition) is 3. The van der Waals surface area contributed by atoms with Crippen LogP contribution in [0.25, 0.3) is 0 Å². The van der Waals surface area contributed by atoms with Gasteiger partial charge in [0.25, 0.3) is 0 Å². The molecule has 1 aliphatic heterocycles. The number of benzene rings is 1. The number of nitrogens with one attached hydrogen (secondary N) is 1. The van der Waals surface area contributed by atoms with Crippen molar-refractivity contribution in [3.63, 3.8) is 0 Å². The van der Waals surface area contributed by atoms with Crippen LogP contribution in [0.5, 0.6) is 5.75 Å². The fourth-order valence-corrected chi connectivity index (χ4v) is 2.60. The van der Waals surface area contributed by atoms with Gasteiger partial charge < -0.3 is 15.0 Å². The molecule has 0 saturated carbocycles. The molecule has 4 heteroatoms. The minimum Gasteiger partial charge on any atom is -0.490 e. The third-order valence-corrected chi connectivity index (χ3v) is 3.52. The molecule has 3 nitrogen and oxygen atoms in total. The van der Waals surface area contributed by atoms with Gasteiger partial charge in [0.1, 0.15) is 12.4 Å². The van der Waals surface area contributed by atoms with E-state index in [1.54, 1.807) is 0 Å². The fourth-order valence-electron chi connectivity index (χ4n) is 2.60. The molecule has 0 aliphatic carbocycles. The first-order valence-corrected chi connectivity index (χ1v) is 7.55. The van der Waals surface area contributed by atoms with Crippen molar-refractivity contribution in [2.24, 2.45) is 0 Å². The summed E-state index contributed by atoms with van der Waals surface area (Å²) in [6, 6.07) is 6.53. The molecule has 0 aromatic heterocycles. The molecule has 0 radical (unpaired) electrons. The van der Waals surface area contributed by atoms with E-state index in [-0.39, 0.29) is 12.4 Å². The third kappa shape index (κ3) is 4.88. The number of fused-ring (bicyclic) bond motifs is 1. The molecule has 1 aliphatic rings. The second-order valence-corrected chi connectivity index (χ2v) is 5.20. The highest BCUT2D eigenvalue weighted by atomic mass is 35.5. The molecular formula is C16H27ClN2O. The van der Waals surface area contributed by atoms with Gasteiger partial charge in [0.15, 0.2) is 0 Å².